The first-order chi connectivity index (χ1) is 13.7. The Morgan fingerprint density at radius 2 is 1.47 bits per heavy atom. The van der Waals surface area contributed by atoms with Gasteiger partial charge in [-0.2, -0.15) is 13.2 Å². The number of para-hydroxylation sites is 1. The van der Waals surface area contributed by atoms with Gasteiger partial charge < -0.3 is 5.32 Å². The Hall–Kier alpha value is -3.08. The molecular formula is C19H20F3N3O4S. The molecule has 0 unspecified atom stereocenters. The van der Waals surface area contributed by atoms with Gasteiger partial charge in [-0.15, -0.1) is 0 Å². The number of benzene rings is 2. The van der Waals surface area contributed by atoms with E-state index in [9.17, 15) is 31.2 Å². The number of carbonyl (C=O) groups is 2. The fraction of sp³-hybridized carbons (Fsp3) is 0.263. The van der Waals surface area contributed by atoms with Crippen LogP contribution in [0.25, 0.3) is 0 Å². The molecule has 2 aromatic rings. The number of anilines is 2. The first-order valence-corrected chi connectivity index (χ1v) is 10.5. The number of nitrogens with one attached hydrogen (secondary N) is 3. The van der Waals surface area contributed by atoms with Gasteiger partial charge in [0.1, 0.15) is 4.75 Å². The van der Waals surface area contributed by atoms with Gasteiger partial charge in [-0.3, -0.25) is 20.4 Å². The molecule has 2 amide bonds. The Morgan fingerprint density at radius 1 is 0.900 bits per heavy atom. The molecule has 0 aliphatic rings. The monoisotopic (exact) mass is 443 g/mol. The summed E-state index contributed by atoms with van der Waals surface area (Å²) in [4.78, 5) is 24.6. The minimum Gasteiger partial charge on any atom is -0.355 e. The van der Waals surface area contributed by atoms with Crippen LogP contribution in [0.5, 0.6) is 0 Å². The molecule has 162 valence electrons. The van der Waals surface area contributed by atoms with Crippen LogP contribution >= 0.6 is 0 Å². The lowest BCUT2D eigenvalue weighted by Crippen LogP contribution is -2.53. The van der Waals surface area contributed by atoms with Gasteiger partial charge in [-0.05, 0) is 50.2 Å². The molecule has 0 saturated heterocycles. The van der Waals surface area contributed by atoms with Crippen LogP contribution in [-0.2, 0) is 20.8 Å². The number of carbonyl (C=O) groups excluding carboxylic acids is 2. The number of amides is 2. The van der Waals surface area contributed by atoms with Crippen LogP contribution in [0.15, 0.2) is 48.5 Å². The predicted molar refractivity (Wildman–Crippen MR) is 106 cm³/mol. The van der Waals surface area contributed by atoms with E-state index in [2.05, 4.69) is 16.2 Å². The Morgan fingerprint density at radius 3 is 2.00 bits per heavy atom. The summed E-state index contributed by atoms with van der Waals surface area (Å²) >= 11 is 0. The molecule has 0 radical (unpaired) electrons. The van der Waals surface area contributed by atoms with Crippen LogP contribution in [0.1, 0.15) is 29.8 Å². The molecule has 0 aliphatic heterocycles. The van der Waals surface area contributed by atoms with Crippen LogP contribution in [0, 0.1) is 0 Å². The van der Waals surface area contributed by atoms with Crippen molar-refractivity contribution in [1.29, 1.82) is 0 Å². The molecule has 2 aromatic carbocycles. The van der Waals surface area contributed by atoms with Crippen molar-refractivity contribution in [3.63, 3.8) is 0 Å². The number of halogens is 3. The molecule has 2 rings (SSSR count). The predicted octanol–water partition coefficient (Wildman–Crippen LogP) is 3.03. The number of sulfone groups is 1. The number of rotatable bonds is 5. The second kappa shape index (κ2) is 8.34. The van der Waals surface area contributed by atoms with Crippen molar-refractivity contribution in [1.82, 2.24) is 10.9 Å². The quantitative estimate of drug-likeness (QED) is 0.617. The molecule has 0 saturated carbocycles. The standard InChI is InChI=1S/C19H20F3N3O4S/c1-18(2,30(3,28)29)17(27)25-24-16(26)14-6-4-5-7-15(14)23-13-10-8-12(9-11-13)19(20,21)22/h4-11,23H,1-3H3,(H,24,26)(H,25,27). The van der Waals surface area contributed by atoms with Gasteiger partial charge in [0.25, 0.3) is 11.8 Å². The van der Waals surface area contributed by atoms with E-state index < -0.39 is 38.1 Å². The normalized spacial score (nSPS) is 12.2. The van der Waals surface area contributed by atoms with E-state index in [-0.39, 0.29) is 11.3 Å². The second-order valence-electron chi connectivity index (χ2n) is 6.94. The molecule has 3 N–H and O–H groups in total. The van der Waals surface area contributed by atoms with Gasteiger partial charge in [0.05, 0.1) is 16.8 Å². The molecule has 7 nitrogen and oxygen atoms in total. The van der Waals surface area contributed by atoms with Crippen molar-refractivity contribution in [2.75, 3.05) is 11.6 Å². The molecule has 0 fully saturated rings. The first-order valence-electron chi connectivity index (χ1n) is 8.57. The zero-order valence-corrected chi connectivity index (χ0v) is 17.1. The van der Waals surface area contributed by atoms with Crippen LogP contribution < -0.4 is 16.2 Å². The smallest absolute Gasteiger partial charge is 0.355 e. The molecule has 11 heteroatoms. The third kappa shape index (κ3) is 5.29. The summed E-state index contributed by atoms with van der Waals surface area (Å²) in [5.74, 6) is -1.67. The highest BCUT2D eigenvalue weighted by Gasteiger charge is 2.38. The van der Waals surface area contributed by atoms with Crippen molar-refractivity contribution in [3.8, 4) is 0 Å². The van der Waals surface area contributed by atoms with E-state index in [4.69, 9.17) is 0 Å². The number of hydrazine groups is 1. The zero-order valence-electron chi connectivity index (χ0n) is 16.3. The Bertz CT molecular complexity index is 1050. The van der Waals surface area contributed by atoms with E-state index in [1.54, 1.807) is 12.1 Å². The fourth-order valence-corrected chi connectivity index (χ4v) is 2.58. The maximum absolute atomic E-state index is 12.7. The van der Waals surface area contributed by atoms with Gasteiger partial charge in [0.15, 0.2) is 9.84 Å². The minimum absolute atomic E-state index is 0.0786. The maximum atomic E-state index is 12.7. The van der Waals surface area contributed by atoms with E-state index in [0.717, 1.165) is 18.4 Å². The van der Waals surface area contributed by atoms with E-state index in [0.29, 0.717) is 5.69 Å². The minimum atomic E-state index is -4.46. The molecule has 0 bridgehead atoms. The molecule has 30 heavy (non-hydrogen) atoms. The van der Waals surface area contributed by atoms with Crippen LogP contribution in [-0.4, -0.2) is 31.2 Å². The summed E-state index contributed by atoms with van der Waals surface area (Å²) in [6, 6.07) is 10.3. The summed E-state index contributed by atoms with van der Waals surface area (Å²) in [5, 5.41) is 2.84. The molecule has 0 spiro atoms. The third-order valence-electron chi connectivity index (χ3n) is 4.43. The highest BCUT2D eigenvalue weighted by Crippen LogP contribution is 2.30. The van der Waals surface area contributed by atoms with E-state index in [1.807, 2.05) is 0 Å². The summed E-state index contributed by atoms with van der Waals surface area (Å²) in [5.41, 5.74) is 4.06. The molecule has 0 atom stereocenters. The van der Waals surface area contributed by atoms with Crippen molar-refractivity contribution in [3.05, 3.63) is 59.7 Å². The van der Waals surface area contributed by atoms with Crippen molar-refractivity contribution >= 4 is 33.0 Å². The maximum Gasteiger partial charge on any atom is 0.416 e. The van der Waals surface area contributed by atoms with Crippen molar-refractivity contribution < 1.29 is 31.2 Å². The SMILES string of the molecule is CC(C)(C(=O)NNC(=O)c1ccccc1Nc1ccc(C(F)(F)F)cc1)S(C)(=O)=O. The molecule has 0 aliphatic carbocycles. The van der Waals surface area contributed by atoms with Gasteiger partial charge >= 0.3 is 6.18 Å². The van der Waals surface area contributed by atoms with Crippen LogP contribution in [0.2, 0.25) is 0 Å². The highest BCUT2D eigenvalue weighted by molar-refractivity contribution is 7.92. The van der Waals surface area contributed by atoms with Gasteiger partial charge in [-0.1, -0.05) is 12.1 Å². The lowest BCUT2D eigenvalue weighted by molar-refractivity contribution is -0.137. The summed E-state index contributed by atoms with van der Waals surface area (Å²) < 4.78 is 59.7. The average Bonchev–Trinajstić information content (AvgIpc) is 2.65. The second-order valence-corrected chi connectivity index (χ2v) is 9.50. The van der Waals surface area contributed by atoms with Gasteiger partial charge in [-0.25, -0.2) is 8.42 Å². The summed E-state index contributed by atoms with van der Waals surface area (Å²) in [6.07, 6.45) is -3.56. The van der Waals surface area contributed by atoms with Crippen LogP contribution in [0.4, 0.5) is 24.5 Å². The van der Waals surface area contributed by atoms with Crippen LogP contribution in [0.3, 0.4) is 0 Å². The molecule has 0 heterocycles. The zero-order chi connectivity index (χ0) is 22.7. The topological polar surface area (TPSA) is 104 Å². The Kier molecular flexibility index (Phi) is 6.45. The molecule has 0 aromatic heterocycles. The average molecular weight is 443 g/mol. The van der Waals surface area contributed by atoms with Gasteiger partial charge in [0, 0.05) is 11.9 Å². The fourth-order valence-electron chi connectivity index (χ4n) is 2.19. The van der Waals surface area contributed by atoms with Crippen molar-refractivity contribution in [2.24, 2.45) is 0 Å². The van der Waals surface area contributed by atoms with E-state index in [1.165, 1.54) is 38.1 Å². The lowest BCUT2D eigenvalue weighted by Gasteiger charge is -2.21. The Balaban J connectivity index is 2.15. The largest absolute Gasteiger partial charge is 0.416 e. The lowest BCUT2D eigenvalue weighted by atomic mass is 10.1. The first kappa shape index (κ1) is 23.2. The highest BCUT2D eigenvalue weighted by atomic mass is 32.2. The molecular weight excluding hydrogens is 423 g/mol. The third-order valence-corrected chi connectivity index (χ3v) is 6.47. The number of alkyl halides is 3. The Labute approximate surface area is 171 Å². The van der Waals surface area contributed by atoms with E-state index >= 15 is 0 Å². The van der Waals surface area contributed by atoms with Gasteiger partial charge in [0.2, 0.25) is 0 Å². The summed E-state index contributed by atoms with van der Waals surface area (Å²) in [6.45, 7) is 2.40. The summed E-state index contributed by atoms with van der Waals surface area (Å²) in [7, 11) is -3.73. The number of hydrogen-bond donors (Lipinski definition) is 3. The van der Waals surface area contributed by atoms with Crippen molar-refractivity contribution in [2.45, 2.75) is 24.8 Å². The number of hydrogen-bond acceptors (Lipinski definition) is 5.